The first-order valence-electron chi connectivity index (χ1n) is 24.3. The Balaban J connectivity index is 1.31. The Morgan fingerprint density at radius 2 is 0.782 bits per heavy atom. The van der Waals surface area contributed by atoms with Gasteiger partial charge in [0.15, 0.2) is 50.1 Å². The highest BCUT2D eigenvalue weighted by molar-refractivity contribution is 5.73. The van der Waals surface area contributed by atoms with Gasteiger partial charge in [-0.25, -0.2) is 4.79 Å². The maximum Gasteiger partial charge on any atom is 0.335 e. The summed E-state index contributed by atoms with van der Waals surface area (Å²) in [5.41, 5.74) is 0. The molecule has 0 aromatic rings. The van der Waals surface area contributed by atoms with Crippen LogP contribution in [0.25, 0.3) is 0 Å². The fraction of sp³-hybridized carbons (Fsp3) is 0.952. The molecule has 7 aliphatic rings. The first kappa shape index (κ1) is 63.2. The van der Waals surface area contributed by atoms with Crippen molar-refractivity contribution in [1.82, 2.24) is 0 Å². The normalized spacial score (nSPS) is 51.4. The SMILES string of the molecule is CC(=O)OC[C@H]1O[C@H](O[C@H]2[C@H](O)[C@@H](CO)O[C@H](O[C@H]3[C@H](O)[C@@H](CO)O[C@H](O[C@@H]4[C@H](O)[C@@H](O)O[C@H](CO)[C@H]4O)[C@H]3O[C@@H]3OC[C@@H](O)[C@H](O)[C@H]3O)[C@H]2O[C@@H]2OC[C@@H](O)[C@H](O)[C@H]2O)[C@@H](O[C@@H]2O[C@H](C(=O)O)[C@@H](O)[C@H](O)[C@H]2O)[C@@H](O)[C@@H]1O. The summed E-state index contributed by atoms with van der Waals surface area (Å²) in [4.78, 5) is 23.9. The van der Waals surface area contributed by atoms with E-state index in [0.717, 1.165) is 6.92 Å². The van der Waals surface area contributed by atoms with E-state index in [1.807, 2.05) is 0 Å². The van der Waals surface area contributed by atoms with E-state index in [0.29, 0.717) is 0 Å². The number of aliphatic carboxylic acids is 1. The number of hydrogen-bond acceptors (Lipinski definition) is 35. The first-order valence-corrected chi connectivity index (χ1v) is 24.3. The quantitative estimate of drug-likeness (QED) is 0.0567. The predicted molar refractivity (Wildman–Crippen MR) is 230 cm³/mol. The molecule has 0 bridgehead atoms. The molecular formula is C42H68O36. The van der Waals surface area contributed by atoms with Crippen molar-refractivity contribution in [3.8, 4) is 0 Å². The Bertz CT molecular complexity index is 1910. The molecule has 7 rings (SSSR count). The van der Waals surface area contributed by atoms with Gasteiger partial charge in [-0.3, -0.25) is 4.79 Å². The summed E-state index contributed by atoms with van der Waals surface area (Å²) < 4.78 is 79.9. The van der Waals surface area contributed by atoms with Crippen LogP contribution >= 0.6 is 0 Å². The zero-order valence-corrected chi connectivity index (χ0v) is 40.8. The minimum Gasteiger partial charge on any atom is -0.479 e. The van der Waals surface area contributed by atoms with Crippen molar-refractivity contribution < 1.29 is 178 Å². The maximum absolute atomic E-state index is 12.0. The molecule has 0 aromatic carbocycles. The van der Waals surface area contributed by atoms with E-state index in [-0.39, 0.29) is 0 Å². The maximum atomic E-state index is 12.0. The number of carbonyl (C=O) groups is 2. The lowest BCUT2D eigenvalue weighted by atomic mass is 9.94. The third-order valence-electron chi connectivity index (χ3n) is 14.0. The predicted octanol–water partition coefficient (Wildman–Crippen LogP) is -14.3. The van der Waals surface area contributed by atoms with Gasteiger partial charge in [-0.1, -0.05) is 0 Å². The molecule has 7 heterocycles. The smallest absolute Gasteiger partial charge is 0.335 e. The molecular weight excluding hydrogens is 1080 g/mol. The van der Waals surface area contributed by atoms with Gasteiger partial charge in [-0.15, -0.1) is 0 Å². The first-order chi connectivity index (χ1) is 36.8. The van der Waals surface area contributed by atoms with E-state index in [9.17, 15) is 112 Å². The van der Waals surface area contributed by atoms with Gasteiger partial charge in [-0.2, -0.15) is 0 Å². The Labute approximate surface area is 438 Å². The van der Waals surface area contributed by atoms with Crippen molar-refractivity contribution in [1.29, 1.82) is 0 Å². The molecule has 0 aliphatic carbocycles. The number of aliphatic hydroxyl groups is 19. The molecule has 7 fully saturated rings. The molecule has 0 aromatic heterocycles. The fourth-order valence-electron chi connectivity index (χ4n) is 9.52. The zero-order valence-electron chi connectivity index (χ0n) is 40.8. The molecule has 20 N–H and O–H groups in total. The number of carboxylic acids is 1. The van der Waals surface area contributed by atoms with Gasteiger partial charge in [0.2, 0.25) is 0 Å². The number of hydrogen-bond donors (Lipinski definition) is 20. The van der Waals surface area contributed by atoms with Crippen molar-refractivity contribution in [2.75, 3.05) is 39.6 Å². The Kier molecular flexibility index (Phi) is 21.8. The average Bonchev–Trinajstić information content (AvgIpc) is 3.48. The number of rotatable bonds is 18. The van der Waals surface area contributed by atoms with Crippen LogP contribution in [0.3, 0.4) is 0 Å². The summed E-state index contributed by atoms with van der Waals surface area (Å²) in [5.74, 6) is -2.83. The van der Waals surface area contributed by atoms with E-state index in [4.69, 9.17) is 66.3 Å². The monoisotopic (exact) mass is 1150 g/mol. The lowest BCUT2D eigenvalue weighted by Crippen LogP contribution is -2.70. The van der Waals surface area contributed by atoms with E-state index in [1.165, 1.54) is 0 Å². The van der Waals surface area contributed by atoms with Gasteiger partial charge in [-0.05, 0) is 0 Å². The highest BCUT2D eigenvalue weighted by Gasteiger charge is 2.60. The molecule has 0 spiro atoms. The van der Waals surface area contributed by atoms with Crippen LogP contribution in [0.15, 0.2) is 0 Å². The number of carbonyl (C=O) groups excluding carboxylic acids is 1. The number of carboxylic acid groups (broad SMARTS) is 1. The van der Waals surface area contributed by atoms with Gasteiger partial charge >= 0.3 is 11.9 Å². The number of esters is 1. The van der Waals surface area contributed by atoms with Crippen LogP contribution in [-0.2, 0) is 75.9 Å². The van der Waals surface area contributed by atoms with Gasteiger partial charge in [0.1, 0.15) is 159 Å². The Morgan fingerprint density at radius 1 is 0.385 bits per heavy atom. The molecule has 36 nitrogen and oxygen atoms in total. The zero-order chi connectivity index (χ0) is 57.3. The van der Waals surface area contributed by atoms with E-state index >= 15 is 0 Å². The fourth-order valence-corrected chi connectivity index (χ4v) is 9.52. The second-order valence-corrected chi connectivity index (χ2v) is 19.3. The standard InChI is InChI=1S/C42H68O36/c1-8(46)65-7-14-17(51)22(56)32(76-39-26(60)21(55)23(57)31(75-39)35(62)63)40(71-14)73-29-19(53)13(4-45)70-42(34(29)78-38-25(59)16(50)10(48)6-67-38)74-30-20(54)12(3-44)69-41(33(30)77-37-24(58)15(49)9(47)5-66-37)72-28-18(52)11(2-43)68-36(64)27(28)61/h9-34,36-45,47-61,64H,2-7H2,1H3,(H,62,63)/t9-,10-,11-,12-,13-,14-,15+,16+,17-,18-,19-,20-,21+,22+,23+,24-,25-,26-,27+,28+,29+,30+,31+,32+,33+,34+,36+,37+,38+,39+,40-,41-,42-/m1/s1. The van der Waals surface area contributed by atoms with Crippen LogP contribution in [0.4, 0.5) is 0 Å². The van der Waals surface area contributed by atoms with Crippen LogP contribution in [0.5, 0.6) is 0 Å². The minimum atomic E-state index is -2.38. The van der Waals surface area contributed by atoms with Crippen molar-refractivity contribution >= 4 is 11.9 Å². The van der Waals surface area contributed by atoms with Crippen LogP contribution in [0, 0.1) is 0 Å². The van der Waals surface area contributed by atoms with Crippen molar-refractivity contribution in [2.24, 2.45) is 0 Å². The minimum absolute atomic E-state index is 0.728. The molecule has 0 amide bonds. The summed E-state index contributed by atoms with van der Waals surface area (Å²) in [5, 5.41) is 216. The molecule has 0 saturated carbocycles. The van der Waals surface area contributed by atoms with Crippen LogP contribution < -0.4 is 0 Å². The number of ether oxygens (including phenoxy) is 14. The molecule has 33 atom stereocenters. The molecule has 452 valence electrons. The second kappa shape index (κ2) is 26.9. The van der Waals surface area contributed by atoms with Gasteiger partial charge in [0, 0.05) is 6.92 Å². The van der Waals surface area contributed by atoms with Crippen molar-refractivity contribution in [2.45, 2.75) is 210 Å². The summed E-state index contributed by atoms with van der Waals surface area (Å²) in [6, 6.07) is 0. The highest BCUT2D eigenvalue weighted by Crippen LogP contribution is 2.39. The van der Waals surface area contributed by atoms with Crippen LogP contribution in [0.2, 0.25) is 0 Å². The Hall–Kier alpha value is -2.34. The number of aliphatic hydroxyl groups excluding tert-OH is 19. The van der Waals surface area contributed by atoms with E-state index in [1.54, 1.807) is 0 Å². The van der Waals surface area contributed by atoms with Crippen LogP contribution in [0.1, 0.15) is 6.92 Å². The molecule has 78 heavy (non-hydrogen) atoms. The van der Waals surface area contributed by atoms with Gasteiger partial charge < -0.3 is 168 Å². The van der Waals surface area contributed by atoms with Gasteiger partial charge in [0.25, 0.3) is 0 Å². The highest BCUT2D eigenvalue weighted by atomic mass is 16.8. The molecule has 7 saturated heterocycles. The molecule has 0 radical (unpaired) electrons. The molecule has 7 aliphatic heterocycles. The lowest BCUT2D eigenvalue weighted by Gasteiger charge is -2.52. The summed E-state index contributed by atoms with van der Waals surface area (Å²) >= 11 is 0. The van der Waals surface area contributed by atoms with Crippen molar-refractivity contribution in [3.05, 3.63) is 0 Å². The largest absolute Gasteiger partial charge is 0.479 e. The summed E-state index contributed by atoms with van der Waals surface area (Å²) in [6.45, 7) is -4.74. The third-order valence-corrected chi connectivity index (χ3v) is 14.0. The second-order valence-electron chi connectivity index (χ2n) is 19.3. The molecule has 36 heteroatoms. The van der Waals surface area contributed by atoms with Crippen molar-refractivity contribution in [3.63, 3.8) is 0 Å². The summed E-state index contributed by atoms with van der Waals surface area (Å²) in [6.07, 6.45) is -70.7. The van der Waals surface area contributed by atoms with Crippen LogP contribution in [-0.4, -0.2) is 356 Å². The summed E-state index contributed by atoms with van der Waals surface area (Å²) in [7, 11) is 0. The average molecular weight is 1150 g/mol. The third kappa shape index (κ3) is 13.4. The van der Waals surface area contributed by atoms with Gasteiger partial charge in [0.05, 0.1) is 33.0 Å². The lowest BCUT2D eigenvalue weighted by molar-refractivity contribution is -0.420. The van der Waals surface area contributed by atoms with E-state index < -0.39 is 254 Å². The van der Waals surface area contributed by atoms with E-state index in [2.05, 4.69) is 0 Å². The topological polar surface area (TPSA) is 568 Å². The Morgan fingerprint density at radius 3 is 1.24 bits per heavy atom. The molecule has 0 unspecified atom stereocenters.